The van der Waals surface area contributed by atoms with Crippen LogP contribution in [0, 0.1) is 0 Å². The van der Waals surface area contributed by atoms with Crippen molar-refractivity contribution in [3.63, 3.8) is 0 Å². The van der Waals surface area contributed by atoms with E-state index in [1.807, 2.05) is 6.07 Å². The van der Waals surface area contributed by atoms with Gasteiger partial charge < -0.3 is 5.43 Å². The van der Waals surface area contributed by atoms with Gasteiger partial charge in [-0.1, -0.05) is 0 Å². The van der Waals surface area contributed by atoms with E-state index >= 15 is 0 Å². The van der Waals surface area contributed by atoms with Crippen molar-refractivity contribution >= 4 is 37.7 Å². The summed E-state index contributed by atoms with van der Waals surface area (Å²) in [7, 11) is 0. The van der Waals surface area contributed by atoms with Gasteiger partial charge in [0, 0.05) is 10.7 Å². The number of nitrogens with two attached hydrogens (primary N) is 1. The van der Waals surface area contributed by atoms with Crippen LogP contribution in [0.5, 0.6) is 0 Å². The quantitative estimate of drug-likeness (QED) is 0.603. The van der Waals surface area contributed by atoms with Gasteiger partial charge in [-0.25, -0.2) is 10.8 Å². The lowest BCUT2D eigenvalue weighted by Gasteiger charge is -2.00. The molecule has 5 heteroatoms. The van der Waals surface area contributed by atoms with Crippen LogP contribution in [0.1, 0.15) is 0 Å². The van der Waals surface area contributed by atoms with Gasteiger partial charge in [-0.15, -0.1) is 0 Å². The van der Waals surface area contributed by atoms with Gasteiger partial charge >= 0.3 is 0 Å². The predicted octanol–water partition coefficient (Wildman–Crippen LogP) is 1.89. The summed E-state index contributed by atoms with van der Waals surface area (Å²) in [4.78, 5) is 3.97. The van der Waals surface area contributed by atoms with Gasteiger partial charge in [0.2, 0.25) is 0 Å². The molecule has 3 nitrogen and oxygen atoms in total. The Labute approximate surface area is 75.2 Å². The second-order valence-corrected chi connectivity index (χ2v) is 3.40. The summed E-state index contributed by atoms with van der Waals surface area (Å²) in [5.74, 6) is 5.77. The lowest BCUT2D eigenvalue weighted by atomic mass is 10.5. The highest BCUT2D eigenvalue weighted by molar-refractivity contribution is 9.11. The van der Waals surface area contributed by atoms with E-state index in [4.69, 9.17) is 5.84 Å². The van der Waals surface area contributed by atoms with E-state index in [1.54, 1.807) is 6.20 Å². The number of nitrogen functional groups attached to an aromatic ring is 1. The first kappa shape index (κ1) is 7.97. The van der Waals surface area contributed by atoms with Gasteiger partial charge in [0.15, 0.2) is 5.82 Å². The summed E-state index contributed by atoms with van der Waals surface area (Å²) in [5.41, 5.74) is 2.44. The predicted molar refractivity (Wildman–Crippen MR) is 47.4 cm³/mol. The Balaban J connectivity index is 3.07. The molecule has 0 saturated heterocycles. The van der Waals surface area contributed by atoms with Gasteiger partial charge in [-0.3, -0.25) is 0 Å². The first-order chi connectivity index (χ1) is 4.74. The Hall–Kier alpha value is -0.130. The maximum atomic E-state index is 5.14. The minimum Gasteiger partial charge on any atom is -0.308 e. The molecule has 0 aliphatic carbocycles. The number of hydrogen-bond acceptors (Lipinski definition) is 3. The number of halogens is 2. The highest BCUT2D eigenvalue weighted by Gasteiger charge is 1.97. The van der Waals surface area contributed by atoms with Gasteiger partial charge in [-0.2, -0.15) is 0 Å². The lowest BCUT2D eigenvalue weighted by Crippen LogP contribution is -2.08. The summed E-state index contributed by atoms with van der Waals surface area (Å²) in [6, 6.07) is 1.86. The number of hydrogen-bond donors (Lipinski definition) is 2. The van der Waals surface area contributed by atoms with Crippen molar-refractivity contribution in [2.45, 2.75) is 0 Å². The maximum absolute atomic E-state index is 5.14. The van der Waals surface area contributed by atoms with Crippen LogP contribution in [-0.4, -0.2) is 4.98 Å². The van der Waals surface area contributed by atoms with E-state index in [1.165, 1.54) is 0 Å². The van der Waals surface area contributed by atoms with Crippen molar-refractivity contribution in [1.29, 1.82) is 0 Å². The number of pyridine rings is 1. The summed E-state index contributed by atoms with van der Waals surface area (Å²) in [6.45, 7) is 0. The minimum atomic E-state index is 0.628. The molecular weight excluding hydrogens is 262 g/mol. The molecule has 0 bridgehead atoms. The summed E-state index contributed by atoms with van der Waals surface area (Å²) < 4.78 is 1.75. The van der Waals surface area contributed by atoms with Gasteiger partial charge in [0.25, 0.3) is 0 Å². The highest BCUT2D eigenvalue weighted by Crippen LogP contribution is 2.22. The fraction of sp³-hybridized carbons (Fsp3) is 0. The molecule has 1 aromatic heterocycles. The number of nitrogens with zero attached hydrogens (tertiary/aromatic N) is 1. The largest absolute Gasteiger partial charge is 0.308 e. The Bertz CT molecular complexity index is 238. The molecule has 0 radical (unpaired) electrons. The third-order valence-electron chi connectivity index (χ3n) is 0.945. The number of hydrazine groups is 1. The standard InChI is InChI=1S/C5H5Br2N3/c6-3-1-4(7)5(10-8)9-2-3/h1-2H,8H2,(H,9,10). The molecule has 1 rings (SSSR count). The van der Waals surface area contributed by atoms with Crippen LogP contribution in [0.15, 0.2) is 21.2 Å². The van der Waals surface area contributed by atoms with Crippen LogP contribution in [0.2, 0.25) is 0 Å². The third kappa shape index (κ3) is 1.68. The molecule has 0 aromatic carbocycles. The number of rotatable bonds is 1. The number of anilines is 1. The van der Waals surface area contributed by atoms with Crippen molar-refractivity contribution in [3.8, 4) is 0 Å². The van der Waals surface area contributed by atoms with Crippen molar-refractivity contribution in [2.75, 3.05) is 5.43 Å². The first-order valence-electron chi connectivity index (χ1n) is 2.51. The topological polar surface area (TPSA) is 50.9 Å². The molecule has 0 saturated carbocycles. The smallest absolute Gasteiger partial charge is 0.154 e. The highest BCUT2D eigenvalue weighted by atomic mass is 79.9. The van der Waals surface area contributed by atoms with Crippen molar-refractivity contribution in [3.05, 3.63) is 21.2 Å². The lowest BCUT2D eigenvalue weighted by molar-refractivity contribution is 1.21. The average molecular weight is 267 g/mol. The molecule has 3 N–H and O–H groups in total. The maximum Gasteiger partial charge on any atom is 0.154 e. The molecular formula is C5H5Br2N3. The molecule has 10 heavy (non-hydrogen) atoms. The van der Waals surface area contributed by atoms with Crippen LogP contribution in [0.25, 0.3) is 0 Å². The second kappa shape index (κ2) is 3.32. The number of nitrogens with one attached hydrogen (secondary N) is 1. The van der Waals surface area contributed by atoms with E-state index in [-0.39, 0.29) is 0 Å². The van der Waals surface area contributed by atoms with E-state index in [0.717, 1.165) is 8.95 Å². The molecule has 1 aromatic rings. The first-order valence-corrected chi connectivity index (χ1v) is 4.10. The summed E-state index contributed by atoms with van der Waals surface area (Å²) >= 11 is 6.54. The van der Waals surface area contributed by atoms with Crippen LogP contribution in [0.4, 0.5) is 5.82 Å². The van der Waals surface area contributed by atoms with Crippen LogP contribution >= 0.6 is 31.9 Å². The van der Waals surface area contributed by atoms with Crippen molar-refractivity contribution in [1.82, 2.24) is 4.98 Å². The average Bonchev–Trinajstić information content (AvgIpc) is 1.88. The molecule has 0 aliphatic rings. The van der Waals surface area contributed by atoms with Gasteiger partial charge in [0.05, 0.1) is 4.47 Å². The Morgan fingerprint density at radius 3 is 2.70 bits per heavy atom. The van der Waals surface area contributed by atoms with Gasteiger partial charge in [0.1, 0.15) is 0 Å². The fourth-order valence-electron chi connectivity index (χ4n) is 0.521. The van der Waals surface area contributed by atoms with Crippen LogP contribution in [0.3, 0.4) is 0 Å². The summed E-state index contributed by atoms with van der Waals surface area (Å²) in [5, 5.41) is 0. The molecule has 0 fully saturated rings. The molecule has 0 unspecified atom stereocenters. The Kier molecular flexibility index (Phi) is 2.64. The zero-order valence-electron chi connectivity index (χ0n) is 4.94. The third-order valence-corrected chi connectivity index (χ3v) is 1.98. The number of aromatic nitrogens is 1. The minimum absolute atomic E-state index is 0.628. The van der Waals surface area contributed by atoms with Crippen LogP contribution in [-0.2, 0) is 0 Å². The molecule has 1 heterocycles. The van der Waals surface area contributed by atoms with Gasteiger partial charge in [-0.05, 0) is 37.9 Å². The van der Waals surface area contributed by atoms with Crippen molar-refractivity contribution in [2.24, 2.45) is 5.84 Å². The van der Waals surface area contributed by atoms with Crippen molar-refractivity contribution < 1.29 is 0 Å². The Morgan fingerprint density at radius 2 is 2.20 bits per heavy atom. The zero-order chi connectivity index (χ0) is 7.56. The monoisotopic (exact) mass is 265 g/mol. The Morgan fingerprint density at radius 1 is 1.50 bits per heavy atom. The molecule has 0 aliphatic heterocycles. The SMILES string of the molecule is NNc1ncc(Br)cc1Br. The molecule has 54 valence electrons. The second-order valence-electron chi connectivity index (χ2n) is 1.63. The molecule has 0 spiro atoms. The summed E-state index contributed by atoms with van der Waals surface area (Å²) in [6.07, 6.45) is 1.67. The van der Waals surface area contributed by atoms with E-state index in [2.05, 4.69) is 42.3 Å². The normalized spacial score (nSPS) is 9.50. The zero-order valence-corrected chi connectivity index (χ0v) is 8.11. The fourth-order valence-corrected chi connectivity index (χ4v) is 1.62. The molecule has 0 amide bonds. The van der Waals surface area contributed by atoms with E-state index < -0.39 is 0 Å². The molecule has 0 atom stereocenters. The van der Waals surface area contributed by atoms with Crippen LogP contribution < -0.4 is 11.3 Å². The van der Waals surface area contributed by atoms with E-state index in [9.17, 15) is 0 Å². The van der Waals surface area contributed by atoms with E-state index in [0.29, 0.717) is 5.82 Å².